The van der Waals surface area contributed by atoms with Gasteiger partial charge < -0.3 is 10.6 Å². The fourth-order valence-corrected chi connectivity index (χ4v) is 3.34. The highest BCUT2D eigenvalue weighted by atomic mass is 32.1. The van der Waals surface area contributed by atoms with Gasteiger partial charge in [-0.2, -0.15) is 0 Å². The summed E-state index contributed by atoms with van der Waals surface area (Å²) in [6.07, 6.45) is 3.64. The molecule has 2 rings (SSSR count). The van der Waals surface area contributed by atoms with Crippen LogP contribution in [0.5, 0.6) is 0 Å². The molecule has 2 heterocycles. The molecule has 0 bridgehead atoms. The van der Waals surface area contributed by atoms with Crippen molar-refractivity contribution in [3.8, 4) is 0 Å². The van der Waals surface area contributed by atoms with Gasteiger partial charge in [-0.1, -0.05) is 11.6 Å². The maximum absolute atomic E-state index is 12.1. The van der Waals surface area contributed by atoms with Crippen LogP contribution in [0.4, 0.5) is 0 Å². The second kappa shape index (κ2) is 7.52. The normalized spacial score (nSPS) is 14.7. The number of carbonyl (C=O) groups is 2. The number of ketones is 1. The molecular formula is C16H22N2O2S. The summed E-state index contributed by atoms with van der Waals surface area (Å²) >= 11 is 1.63. The fraction of sp³-hybridized carbons (Fsp3) is 0.500. The zero-order chi connectivity index (χ0) is 15.2. The lowest BCUT2D eigenvalue weighted by Crippen LogP contribution is -2.29. The molecule has 1 aliphatic rings. The molecule has 1 amide bonds. The molecule has 1 aromatic rings. The Balaban J connectivity index is 1.74. The molecule has 0 radical (unpaired) electrons. The highest BCUT2D eigenvalue weighted by molar-refractivity contribution is 7.12. The van der Waals surface area contributed by atoms with Crippen LogP contribution in [0.25, 0.3) is 0 Å². The first-order valence-electron chi connectivity index (χ1n) is 7.32. The summed E-state index contributed by atoms with van der Waals surface area (Å²) in [6, 6.07) is 1.92. The van der Waals surface area contributed by atoms with E-state index >= 15 is 0 Å². The number of amides is 1. The van der Waals surface area contributed by atoms with Crippen molar-refractivity contribution < 1.29 is 9.59 Å². The van der Waals surface area contributed by atoms with Gasteiger partial charge in [-0.25, -0.2) is 0 Å². The molecule has 0 saturated carbocycles. The molecule has 0 saturated heterocycles. The van der Waals surface area contributed by atoms with Crippen LogP contribution in [-0.4, -0.2) is 31.3 Å². The lowest BCUT2D eigenvalue weighted by molar-refractivity contribution is -0.120. The molecular weight excluding hydrogens is 284 g/mol. The van der Waals surface area contributed by atoms with Crippen molar-refractivity contribution in [1.82, 2.24) is 10.6 Å². The minimum Gasteiger partial charge on any atom is -0.352 e. The zero-order valence-corrected chi connectivity index (χ0v) is 13.4. The first-order valence-corrected chi connectivity index (χ1v) is 8.13. The number of aryl methyl sites for hydroxylation is 2. The van der Waals surface area contributed by atoms with Gasteiger partial charge in [-0.05, 0) is 32.9 Å². The largest absolute Gasteiger partial charge is 0.352 e. The summed E-state index contributed by atoms with van der Waals surface area (Å²) in [5.74, 6) is 0.0143. The van der Waals surface area contributed by atoms with Gasteiger partial charge in [-0.3, -0.25) is 9.59 Å². The topological polar surface area (TPSA) is 58.2 Å². The number of nitrogens with one attached hydrogen (secondary N) is 2. The van der Waals surface area contributed by atoms with Gasteiger partial charge in [0.2, 0.25) is 5.91 Å². The van der Waals surface area contributed by atoms with E-state index in [1.165, 1.54) is 5.57 Å². The van der Waals surface area contributed by atoms with Crippen molar-refractivity contribution in [2.45, 2.75) is 33.1 Å². The molecule has 0 atom stereocenters. The third kappa shape index (κ3) is 4.79. The van der Waals surface area contributed by atoms with Crippen LogP contribution in [0.3, 0.4) is 0 Å². The minimum atomic E-state index is -0.0487. The summed E-state index contributed by atoms with van der Waals surface area (Å²) in [7, 11) is 0. The van der Waals surface area contributed by atoms with Crippen molar-refractivity contribution in [2.75, 3.05) is 19.6 Å². The molecule has 0 unspecified atom stereocenters. The van der Waals surface area contributed by atoms with Crippen molar-refractivity contribution in [3.63, 3.8) is 0 Å². The molecule has 5 heteroatoms. The second-order valence-corrected chi connectivity index (χ2v) is 6.80. The van der Waals surface area contributed by atoms with Gasteiger partial charge in [0.1, 0.15) is 0 Å². The number of Topliss-reactive ketones (excluding diaryl/α,β-unsaturated/α-hetero) is 1. The Hall–Kier alpha value is -1.46. The average molecular weight is 306 g/mol. The van der Waals surface area contributed by atoms with Gasteiger partial charge >= 0.3 is 0 Å². The van der Waals surface area contributed by atoms with E-state index in [-0.39, 0.29) is 24.5 Å². The van der Waals surface area contributed by atoms with Crippen LogP contribution in [0, 0.1) is 13.8 Å². The van der Waals surface area contributed by atoms with Crippen molar-refractivity contribution in [1.29, 1.82) is 0 Å². The third-order valence-electron chi connectivity index (χ3n) is 3.59. The Bertz CT molecular complexity index is 561. The number of hydrogen-bond acceptors (Lipinski definition) is 4. The van der Waals surface area contributed by atoms with E-state index in [0.29, 0.717) is 6.54 Å². The van der Waals surface area contributed by atoms with E-state index in [1.807, 2.05) is 19.9 Å². The quantitative estimate of drug-likeness (QED) is 0.626. The van der Waals surface area contributed by atoms with Crippen LogP contribution >= 0.6 is 11.3 Å². The Morgan fingerprint density at radius 1 is 1.33 bits per heavy atom. The van der Waals surface area contributed by atoms with E-state index in [9.17, 15) is 9.59 Å². The molecule has 1 aliphatic heterocycles. The van der Waals surface area contributed by atoms with E-state index in [4.69, 9.17) is 0 Å². The Morgan fingerprint density at radius 3 is 2.76 bits per heavy atom. The van der Waals surface area contributed by atoms with Crippen LogP contribution < -0.4 is 10.6 Å². The number of carbonyl (C=O) groups excluding carboxylic acids is 2. The third-order valence-corrected chi connectivity index (χ3v) is 4.56. The van der Waals surface area contributed by atoms with Gasteiger partial charge in [0.05, 0.1) is 0 Å². The highest BCUT2D eigenvalue weighted by Crippen LogP contribution is 2.22. The van der Waals surface area contributed by atoms with E-state index < -0.39 is 0 Å². The SMILES string of the molecule is Cc1cc(C(=O)CCC(=O)NCC2=CCNCC2)c(C)s1. The summed E-state index contributed by atoms with van der Waals surface area (Å²) in [5, 5.41) is 6.13. The first kappa shape index (κ1) is 15.9. The number of rotatable bonds is 6. The molecule has 0 aromatic carbocycles. The standard InChI is InChI=1S/C16H22N2O2S/c1-11-9-14(12(2)21-11)15(19)3-4-16(20)18-10-13-5-7-17-8-6-13/h5,9,17H,3-4,6-8,10H2,1-2H3,(H,18,20). The predicted molar refractivity (Wildman–Crippen MR) is 85.9 cm³/mol. The van der Waals surface area contributed by atoms with E-state index in [1.54, 1.807) is 11.3 Å². The molecule has 1 aromatic heterocycles. The van der Waals surface area contributed by atoms with Crippen molar-refractivity contribution in [3.05, 3.63) is 33.0 Å². The maximum Gasteiger partial charge on any atom is 0.220 e. The fourth-order valence-electron chi connectivity index (χ4n) is 2.40. The predicted octanol–water partition coefficient (Wildman–Crippen LogP) is 2.36. The van der Waals surface area contributed by atoms with Crippen LogP contribution in [0.1, 0.15) is 39.4 Å². The molecule has 0 aliphatic carbocycles. The molecule has 21 heavy (non-hydrogen) atoms. The Kier molecular flexibility index (Phi) is 5.70. The van der Waals surface area contributed by atoms with Crippen LogP contribution in [-0.2, 0) is 4.79 Å². The summed E-state index contributed by atoms with van der Waals surface area (Å²) in [6.45, 7) is 6.39. The highest BCUT2D eigenvalue weighted by Gasteiger charge is 2.14. The van der Waals surface area contributed by atoms with Crippen molar-refractivity contribution in [2.24, 2.45) is 0 Å². The lowest BCUT2D eigenvalue weighted by atomic mass is 10.1. The minimum absolute atomic E-state index is 0.0487. The van der Waals surface area contributed by atoms with E-state index in [0.717, 1.165) is 34.8 Å². The zero-order valence-electron chi connectivity index (χ0n) is 12.6. The summed E-state index contributed by atoms with van der Waals surface area (Å²) < 4.78 is 0. The van der Waals surface area contributed by atoms with Gasteiger partial charge in [0.15, 0.2) is 5.78 Å². The van der Waals surface area contributed by atoms with Gasteiger partial charge in [0, 0.05) is 41.2 Å². The molecule has 114 valence electrons. The second-order valence-electron chi connectivity index (χ2n) is 5.34. The average Bonchev–Trinajstić information content (AvgIpc) is 2.82. The molecule has 0 fully saturated rings. The molecule has 0 spiro atoms. The number of hydrogen-bond donors (Lipinski definition) is 2. The van der Waals surface area contributed by atoms with Crippen molar-refractivity contribution >= 4 is 23.0 Å². The Morgan fingerprint density at radius 2 is 2.14 bits per heavy atom. The van der Waals surface area contributed by atoms with Crippen LogP contribution in [0.15, 0.2) is 17.7 Å². The van der Waals surface area contributed by atoms with E-state index in [2.05, 4.69) is 16.7 Å². The smallest absolute Gasteiger partial charge is 0.220 e. The van der Waals surface area contributed by atoms with Crippen LogP contribution in [0.2, 0.25) is 0 Å². The summed E-state index contributed by atoms with van der Waals surface area (Å²) in [5.41, 5.74) is 2.03. The summed E-state index contributed by atoms with van der Waals surface area (Å²) in [4.78, 5) is 26.1. The maximum atomic E-state index is 12.1. The van der Waals surface area contributed by atoms with Gasteiger partial charge in [-0.15, -0.1) is 11.3 Å². The first-order chi connectivity index (χ1) is 10.1. The van der Waals surface area contributed by atoms with Gasteiger partial charge in [0.25, 0.3) is 0 Å². The number of thiophene rings is 1. The Labute approximate surface area is 129 Å². The monoisotopic (exact) mass is 306 g/mol. The molecule has 2 N–H and O–H groups in total. The molecule has 4 nitrogen and oxygen atoms in total. The lowest BCUT2D eigenvalue weighted by Gasteiger charge is -2.14.